The van der Waals surface area contributed by atoms with Gasteiger partial charge < -0.3 is 9.84 Å². The molecular weight excluding hydrogens is 128 g/mol. The van der Waals surface area contributed by atoms with Gasteiger partial charge in [-0.15, -0.1) is 0 Å². The summed E-state index contributed by atoms with van der Waals surface area (Å²) < 4.78 is 5.56. The molecule has 0 aromatic carbocycles. The first-order chi connectivity index (χ1) is 4.57. The minimum absolute atomic E-state index is 0.141. The van der Waals surface area contributed by atoms with Crippen LogP contribution in [-0.4, -0.2) is 23.4 Å². The molecule has 1 aliphatic heterocycles. The van der Waals surface area contributed by atoms with E-state index in [0.29, 0.717) is 12.0 Å². The molecule has 1 N–H and O–H groups in total. The molecule has 3 atom stereocenters. The van der Waals surface area contributed by atoms with Crippen molar-refractivity contribution in [1.29, 1.82) is 0 Å². The minimum atomic E-state index is -0.265. The van der Waals surface area contributed by atoms with E-state index in [0.717, 1.165) is 6.42 Å². The summed E-state index contributed by atoms with van der Waals surface area (Å²) >= 11 is 0. The Hall–Kier alpha value is -0.0800. The smallest absolute Gasteiger partial charge is 0.0891 e. The van der Waals surface area contributed by atoms with Crippen LogP contribution in [0.5, 0.6) is 0 Å². The Balaban J connectivity index is 2.55. The quantitative estimate of drug-likeness (QED) is 0.599. The Kier molecular flexibility index (Phi) is 2.02. The Labute approximate surface area is 62.2 Å². The first-order valence-corrected chi connectivity index (χ1v) is 3.86. The van der Waals surface area contributed by atoms with E-state index < -0.39 is 0 Å². The van der Waals surface area contributed by atoms with Gasteiger partial charge in [-0.1, -0.05) is 6.92 Å². The van der Waals surface area contributed by atoms with Crippen LogP contribution in [0.2, 0.25) is 0 Å². The molecule has 0 aromatic heterocycles. The predicted octanol–water partition coefficient (Wildman–Crippen LogP) is 1.18. The standard InChI is InChI=1S/C8H16O2/c1-6-4-8(3,5-9)10-7(6)2/h6-7,9H,4-5H2,1-3H3. The van der Waals surface area contributed by atoms with Crippen molar-refractivity contribution < 1.29 is 9.84 Å². The van der Waals surface area contributed by atoms with Gasteiger partial charge in [-0.05, 0) is 26.2 Å². The summed E-state index contributed by atoms with van der Waals surface area (Å²) in [6.45, 7) is 6.33. The Morgan fingerprint density at radius 1 is 1.60 bits per heavy atom. The maximum Gasteiger partial charge on any atom is 0.0891 e. The monoisotopic (exact) mass is 144 g/mol. The van der Waals surface area contributed by atoms with Crippen molar-refractivity contribution in [3.8, 4) is 0 Å². The molecular formula is C8H16O2. The van der Waals surface area contributed by atoms with Crippen LogP contribution < -0.4 is 0 Å². The zero-order chi connectivity index (χ0) is 7.78. The van der Waals surface area contributed by atoms with E-state index >= 15 is 0 Å². The van der Waals surface area contributed by atoms with Crippen molar-refractivity contribution in [1.82, 2.24) is 0 Å². The molecule has 0 aromatic rings. The van der Waals surface area contributed by atoms with Gasteiger partial charge in [0.25, 0.3) is 0 Å². The topological polar surface area (TPSA) is 29.5 Å². The second kappa shape index (κ2) is 2.51. The van der Waals surface area contributed by atoms with Crippen molar-refractivity contribution >= 4 is 0 Å². The van der Waals surface area contributed by atoms with Crippen molar-refractivity contribution in [3.05, 3.63) is 0 Å². The highest BCUT2D eigenvalue weighted by molar-refractivity contribution is 4.86. The number of ether oxygens (including phenoxy) is 1. The van der Waals surface area contributed by atoms with Gasteiger partial charge >= 0.3 is 0 Å². The van der Waals surface area contributed by atoms with Crippen LogP contribution in [0.3, 0.4) is 0 Å². The average Bonchev–Trinajstić information content (AvgIpc) is 2.10. The molecule has 1 saturated heterocycles. The molecule has 2 nitrogen and oxygen atoms in total. The third-order valence-electron chi connectivity index (χ3n) is 2.36. The summed E-state index contributed by atoms with van der Waals surface area (Å²) in [6.07, 6.45) is 1.28. The van der Waals surface area contributed by atoms with E-state index in [1.54, 1.807) is 0 Å². The van der Waals surface area contributed by atoms with E-state index in [-0.39, 0.29) is 12.2 Å². The lowest BCUT2D eigenvalue weighted by Crippen LogP contribution is -2.28. The molecule has 0 spiro atoms. The number of hydrogen-bond donors (Lipinski definition) is 1. The minimum Gasteiger partial charge on any atom is -0.393 e. The summed E-state index contributed by atoms with van der Waals surface area (Å²) in [5.74, 6) is 0.581. The zero-order valence-electron chi connectivity index (χ0n) is 6.92. The largest absolute Gasteiger partial charge is 0.393 e. The first kappa shape index (κ1) is 8.02. The van der Waals surface area contributed by atoms with Gasteiger partial charge in [0.15, 0.2) is 0 Å². The highest BCUT2D eigenvalue weighted by atomic mass is 16.5. The summed E-state index contributed by atoms with van der Waals surface area (Å²) in [5, 5.41) is 8.94. The fourth-order valence-electron chi connectivity index (χ4n) is 1.56. The summed E-state index contributed by atoms with van der Waals surface area (Å²) in [5.41, 5.74) is -0.265. The second-order valence-electron chi connectivity index (χ2n) is 3.61. The highest BCUT2D eigenvalue weighted by Gasteiger charge is 2.38. The van der Waals surface area contributed by atoms with Gasteiger partial charge in [0.1, 0.15) is 0 Å². The van der Waals surface area contributed by atoms with Crippen LogP contribution in [0, 0.1) is 5.92 Å². The molecule has 60 valence electrons. The van der Waals surface area contributed by atoms with Crippen LogP contribution in [0.25, 0.3) is 0 Å². The lowest BCUT2D eigenvalue weighted by molar-refractivity contribution is -0.0565. The lowest BCUT2D eigenvalue weighted by Gasteiger charge is -2.20. The Morgan fingerprint density at radius 2 is 2.20 bits per heavy atom. The van der Waals surface area contributed by atoms with E-state index in [9.17, 15) is 0 Å². The van der Waals surface area contributed by atoms with Gasteiger partial charge in [0.05, 0.1) is 18.3 Å². The van der Waals surface area contributed by atoms with Gasteiger partial charge in [0.2, 0.25) is 0 Å². The predicted molar refractivity (Wildman–Crippen MR) is 39.8 cm³/mol. The van der Waals surface area contributed by atoms with Gasteiger partial charge in [-0.3, -0.25) is 0 Å². The number of aliphatic hydroxyl groups is 1. The zero-order valence-corrected chi connectivity index (χ0v) is 6.92. The molecule has 0 amide bonds. The normalized spacial score (nSPS) is 48.0. The van der Waals surface area contributed by atoms with Crippen LogP contribution in [0.15, 0.2) is 0 Å². The molecule has 1 rings (SSSR count). The molecule has 10 heavy (non-hydrogen) atoms. The van der Waals surface area contributed by atoms with Gasteiger partial charge in [0, 0.05) is 0 Å². The number of hydrogen-bond acceptors (Lipinski definition) is 2. The molecule has 0 saturated carbocycles. The third-order valence-corrected chi connectivity index (χ3v) is 2.36. The number of rotatable bonds is 1. The third kappa shape index (κ3) is 1.32. The van der Waals surface area contributed by atoms with Crippen LogP contribution in [-0.2, 0) is 4.74 Å². The first-order valence-electron chi connectivity index (χ1n) is 3.86. The summed E-state index contributed by atoms with van der Waals surface area (Å²) in [7, 11) is 0. The highest BCUT2D eigenvalue weighted by Crippen LogP contribution is 2.33. The van der Waals surface area contributed by atoms with Crippen LogP contribution in [0.1, 0.15) is 27.2 Å². The van der Waals surface area contributed by atoms with Crippen molar-refractivity contribution in [3.63, 3.8) is 0 Å². The maximum absolute atomic E-state index is 8.94. The van der Waals surface area contributed by atoms with E-state index in [2.05, 4.69) is 13.8 Å². The lowest BCUT2D eigenvalue weighted by atomic mass is 9.96. The molecule has 1 heterocycles. The van der Waals surface area contributed by atoms with Crippen LogP contribution >= 0.6 is 0 Å². The fourth-order valence-corrected chi connectivity index (χ4v) is 1.56. The van der Waals surface area contributed by atoms with Gasteiger partial charge in [-0.2, -0.15) is 0 Å². The average molecular weight is 144 g/mol. The van der Waals surface area contributed by atoms with Crippen molar-refractivity contribution in [2.75, 3.05) is 6.61 Å². The fraction of sp³-hybridized carbons (Fsp3) is 1.00. The molecule has 2 heteroatoms. The molecule has 1 fully saturated rings. The molecule has 0 aliphatic carbocycles. The Morgan fingerprint density at radius 3 is 2.40 bits per heavy atom. The van der Waals surface area contributed by atoms with E-state index in [1.807, 2.05) is 6.92 Å². The maximum atomic E-state index is 8.94. The van der Waals surface area contributed by atoms with E-state index in [4.69, 9.17) is 9.84 Å². The molecule has 0 bridgehead atoms. The molecule has 1 aliphatic rings. The SMILES string of the molecule is CC1CC(C)(CO)OC1C. The van der Waals surface area contributed by atoms with Crippen molar-refractivity contribution in [2.24, 2.45) is 5.92 Å². The number of aliphatic hydroxyl groups excluding tert-OH is 1. The summed E-state index contributed by atoms with van der Waals surface area (Å²) in [4.78, 5) is 0. The molecule has 3 unspecified atom stereocenters. The van der Waals surface area contributed by atoms with Crippen molar-refractivity contribution in [2.45, 2.75) is 38.9 Å². The molecule has 0 radical (unpaired) electrons. The van der Waals surface area contributed by atoms with Gasteiger partial charge in [-0.25, -0.2) is 0 Å². The van der Waals surface area contributed by atoms with Crippen LogP contribution in [0.4, 0.5) is 0 Å². The Bertz CT molecular complexity index is 112. The van der Waals surface area contributed by atoms with E-state index in [1.165, 1.54) is 0 Å². The summed E-state index contributed by atoms with van der Waals surface area (Å²) in [6, 6.07) is 0. The second-order valence-corrected chi connectivity index (χ2v) is 3.61.